The van der Waals surface area contributed by atoms with E-state index in [-0.39, 0.29) is 0 Å². The molecule has 0 aliphatic heterocycles. The molecule has 0 spiro atoms. The predicted octanol–water partition coefficient (Wildman–Crippen LogP) is 2.73. The summed E-state index contributed by atoms with van der Waals surface area (Å²) in [6, 6.07) is 3.88. The van der Waals surface area contributed by atoms with Gasteiger partial charge in [-0.15, -0.1) is 10.2 Å². The number of nitrogens with zero attached hydrogens (tertiary/aromatic N) is 4. The molecule has 5 nitrogen and oxygen atoms in total. The van der Waals surface area contributed by atoms with Crippen LogP contribution in [-0.4, -0.2) is 26.0 Å². The van der Waals surface area contributed by atoms with Crippen LogP contribution in [0.4, 0.5) is 0 Å². The predicted molar refractivity (Wildman–Crippen MR) is 79.3 cm³/mol. The standard InChI is InChI=1S/C13H16N4O.C2H6/c1-10-11(6-5-8-14-10)13-16-15-12(17(13)2)7-3-4-9-18;1-2/h5-6,8-9H,3-4,7H2,1-2H3;1-2H3. The van der Waals surface area contributed by atoms with Crippen LogP contribution in [0.3, 0.4) is 0 Å². The molecule has 0 radical (unpaired) electrons. The minimum Gasteiger partial charge on any atom is -0.314 e. The van der Waals surface area contributed by atoms with E-state index >= 15 is 0 Å². The minimum atomic E-state index is 0.564. The van der Waals surface area contributed by atoms with Crippen LogP contribution in [-0.2, 0) is 18.3 Å². The molecule has 0 amide bonds. The number of aromatic nitrogens is 4. The van der Waals surface area contributed by atoms with Crippen molar-refractivity contribution in [3.63, 3.8) is 0 Å². The van der Waals surface area contributed by atoms with Crippen molar-refractivity contribution in [2.24, 2.45) is 7.05 Å². The highest BCUT2D eigenvalue weighted by Crippen LogP contribution is 2.19. The number of carbonyl (C=O) groups excluding carboxylic acids is 1. The van der Waals surface area contributed by atoms with Gasteiger partial charge in [0.15, 0.2) is 5.82 Å². The Hall–Kier alpha value is -2.04. The maximum atomic E-state index is 10.3. The van der Waals surface area contributed by atoms with E-state index in [9.17, 15) is 4.79 Å². The second-order valence-corrected chi connectivity index (χ2v) is 4.19. The van der Waals surface area contributed by atoms with E-state index in [0.29, 0.717) is 6.42 Å². The summed E-state index contributed by atoms with van der Waals surface area (Å²) in [5.74, 6) is 1.72. The smallest absolute Gasteiger partial charge is 0.165 e. The molecule has 0 aromatic carbocycles. The number of aryl methyl sites for hydroxylation is 2. The zero-order valence-electron chi connectivity index (χ0n) is 12.6. The molecule has 20 heavy (non-hydrogen) atoms. The third kappa shape index (κ3) is 3.73. The van der Waals surface area contributed by atoms with Crippen molar-refractivity contribution in [2.45, 2.75) is 40.0 Å². The fourth-order valence-electron chi connectivity index (χ4n) is 1.88. The molecule has 2 aromatic heterocycles. The summed E-state index contributed by atoms with van der Waals surface area (Å²) in [6.07, 6.45) is 4.83. The summed E-state index contributed by atoms with van der Waals surface area (Å²) >= 11 is 0. The van der Waals surface area contributed by atoms with Gasteiger partial charge in [-0.2, -0.15) is 0 Å². The number of hydrogen-bond acceptors (Lipinski definition) is 4. The van der Waals surface area contributed by atoms with Gasteiger partial charge >= 0.3 is 0 Å². The van der Waals surface area contributed by atoms with Gasteiger partial charge in [-0.05, 0) is 25.5 Å². The number of pyridine rings is 1. The molecule has 0 aliphatic carbocycles. The quantitative estimate of drug-likeness (QED) is 0.621. The second-order valence-electron chi connectivity index (χ2n) is 4.19. The average Bonchev–Trinajstić information content (AvgIpc) is 2.83. The van der Waals surface area contributed by atoms with Crippen LogP contribution >= 0.6 is 0 Å². The Bertz CT molecular complexity index is 549. The number of rotatable bonds is 5. The van der Waals surface area contributed by atoms with Crippen LogP contribution in [0.15, 0.2) is 18.3 Å². The van der Waals surface area contributed by atoms with Gasteiger partial charge in [-0.3, -0.25) is 4.98 Å². The monoisotopic (exact) mass is 274 g/mol. The lowest BCUT2D eigenvalue weighted by molar-refractivity contribution is -0.107. The van der Waals surface area contributed by atoms with Gasteiger partial charge < -0.3 is 9.36 Å². The molecule has 0 unspecified atom stereocenters. The molecule has 2 rings (SSSR count). The van der Waals surface area contributed by atoms with Crippen molar-refractivity contribution >= 4 is 6.29 Å². The molecule has 2 heterocycles. The maximum absolute atomic E-state index is 10.3. The summed E-state index contributed by atoms with van der Waals surface area (Å²) in [5, 5.41) is 8.38. The molecule has 2 aromatic rings. The third-order valence-corrected chi connectivity index (χ3v) is 2.94. The van der Waals surface area contributed by atoms with Crippen LogP contribution in [0.5, 0.6) is 0 Å². The van der Waals surface area contributed by atoms with E-state index in [4.69, 9.17) is 0 Å². The molecule has 0 saturated heterocycles. The Kier molecular flexibility index (Phi) is 6.56. The van der Waals surface area contributed by atoms with Crippen LogP contribution in [0.25, 0.3) is 11.4 Å². The van der Waals surface area contributed by atoms with Crippen LogP contribution < -0.4 is 0 Å². The Balaban J connectivity index is 0.000000956. The Labute approximate surface area is 120 Å². The van der Waals surface area contributed by atoms with E-state index in [2.05, 4.69) is 15.2 Å². The van der Waals surface area contributed by atoms with E-state index in [1.807, 2.05) is 44.5 Å². The fraction of sp³-hybridized carbons (Fsp3) is 0.467. The summed E-state index contributed by atoms with van der Waals surface area (Å²) in [5.41, 5.74) is 1.93. The number of carbonyl (C=O) groups is 1. The summed E-state index contributed by atoms with van der Waals surface area (Å²) in [7, 11) is 1.94. The molecule has 0 bridgehead atoms. The first-order valence-electron chi connectivity index (χ1n) is 6.98. The fourth-order valence-corrected chi connectivity index (χ4v) is 1.88. The molecule has 0 N–H and O–H groups in total. The van der Waals surface area contributed by atoms with Crippen molar-refractivity contribution in [1.82, 2.24) is 19.7 Å². The first-order chi connectivity index (χ1) is 9.74. The molecular weight excluding hydrogens is 252 g/mol. The first kappa shape index (κ1) is 16.0. The van der Waals surface area contributed by atoms with Gasteiger partial charge in [-0.1, -0.05) is 13.8 Å². The number of hydrogen-bond donors (Lipinski definition) is 0. The zero-order valence-corrected chi connectivity index (χ0v) is 12.6. The van der Waals surface area contributed by atoms with Gasteiger partial charge in [0.2, 0.25) is 0 Å². The molecule has 0 saturated carbocycles. The van der Waals surface area contributed by atoms with Gasteiger partial charge in [0, 0.05) is 37.3 Å². The highest BCUT2D eigenvalue weighted by molar-refractivity contribution is 5.57. The van der Waals surface area contributed by atoms with Crippen molar-refractivity contribution in [3.8, 4) is 11.4 Å². The Morgan fingerprint density at radius 3 is 2.70 bits per heavy atom. The molecule has 108 valence electrons. The van der Waals surface area contributed by atoms with Gasteiger partial charge in [0.1, 0.15) is 12.1 Å². The second kappa shape index (κ2) is 8.19. The summed E-state index contributed by atoms with van der Waals surface area (Å²) in [4.78, 5) is 14.6. The third-order valence-electron chi connectivity index (χ3n) is 2.94. The van der Waals surface area contributed by atoms with E-state index < -0.39 is 0 Å². The average molecular weight is 274 g/mol. The minimum absolute atomic E-state index is 0.564. The van der Waals surface area contributed by atoms with Crippen molar-refractivity contribution in [2.75, 3.05) is 0 Å². The van der Waals surface area contributed by atoms with Crippen LogP contribution in [0.1, 0.15) is 38.2 Å². The lowest BCUT2D eigenvalue weighted by Gasteiger charge is -2.05. The Morgan fingerprint density at radius 1 is 1.30 bits per heavy atom. The molecule has 5 heteroatoms. The van der Waals surface area contributed by atoms with Gasteiger partial charge in [-0.25, -0.2) is 0 Å². The van der Waals surface area contributed by atoms with Crippen LogP contribution in [0, 0.1) is 6.92 Å². The highest BCUT2D eigenvalue weighted by atomic mass is 16.1. The lowest BCUT2D eigenvalue weighted by Crippen LogP contribution is -2.01. The number of unbranched alkanes of at least 4 members (excludes halogenated alkanes) is 1. The SMILES string of the molecule is CC.Cc1ncccc1-c1nnc(CCCC=O)n1C. The summed E-state index contributed by atoms with van der Waals surface area (Å²) in [6.45, 7) is 5.95. The topological polar surface area (TPSA) is 60.7 Å². The van der Waals surface area contributed by atoms with Crippen molar-refractivity contribution < 1.29 is 4.79 Å². The zero-order chi connectivity index (χ0) is 15.0. The summed E-state index contributed by atoms with van der Waals surface area (Å²) < 4.78 is 1.97. The van der Waals surface area contributed by atoms with Crippen molar-refractivity contribution in [1.29, 1.82) is 0 Å². The first-order valence-corrected chi connectivity index (χ1v) is 6.98. The van der Waals surface area contributed by atoms with E-state index in [1.54, 1.807) is 6.20 Å². The normalized spacial score (nSPS) is 9.80. The number of aldehydes is 1. The molecule has 0 fully saturated rings. The molecule has 0 aliphatic rings. The molecule has 0 atom stereocenters. The lowest BCUT2D eigenvalue weighted by atomic mass is 10.2. The Morgan fingerprint density at radius 2 is 2.05 bits per heavy atom. The van der Waals surface area contributed by atoms with Gasteiger partial charge in [0.05, 0.1) is 0 Å². The van der Waals surface area contributed by atoms with Crippen molar-refractivity contribution in [3.05, 3.63) is 29.8 Å². The van der Waals surface area contributed by atoms with Gasteiger partial charge in [0.25, 0.3) is 0 Å². The van der Waals surface area contributed by atoms with Crippen LogP contribution in [0.2, 0.25) is 0 Å². The highest BCUT2D eigenvalue weighted by Gasteiger charge is 2.12. The largest absolute Gasteiger partial charge is 0.314 e. The van der Waals surface area contributed by atoms with E-state index in [1.165, 1.54) is 0 Å². The maximum Gasteiger partial charge on any atom is 0.165 e. The molecular formula is C15H22N4O. The van der Waals surface area contributed by atoms with E-state index in [0.717, 1.165) is 42.0 Å².